The fraction of sp³-hybridized carbons (Fsp3) is 0.231. The van der Waals surface area contributed by atoms with Gasteiger partial charge in [-0.2, -0.15) is 5.10 Å². The second-order valence-electron chi connectivity index (χ2n) is 7.78. The molecule has 33 heavy (non-hydrogen) atoms. The van der Waals surface area contributed by atoms with Gasteiger partial charge in [0, 0.05) is 23.6 Å². The van der Waals surface area contributed by atoms with Crippen molar-refractivity contribution in [2.24, 2.45) is 5.10 Å². The van der Waals surface area contributed by atoms with Crippen LogP contribution in [-0.4, -0.2) is 43.1 Å². The van der Waals surface area contributed by atoms with Crippen LogP contribution in [0.2, 0.25) is 0 Å². The third-order valence-electron chi connectivity index (χ3n) is 5.73. The van der Waals surface area contributed by atoms with Crippen LogP contribution in [0.15, 0.2) is 65.8 Å². The Morgan fingerprint density at radius 1 is 0.939 bits per heavy atom. The number of hydrogen-bond donors (Lipinski definition) is 1. The summed E-state index contributed by atoms with van der Waals surface area (Å²) in [6.45, 7) is 1.97. The zero-order valence-corrected chi connectivity index (χ0v) is 19.0. The average molecular weight is 447 g/mol. The lowest BCUT2D eigenvalue weighted by Crippen LogP contribution is -2.27. The average Bonchev–Trinajstić information content (AvgIpc) is 3.28. The molecule has 1 aliphatic rings. The van der Waals surface area contributed by atoms with Gasteiger partial charge >= 0.3 is 0 Å². The summed E-state index contributed by atoms with van der Waals surface area (Å²) >= 11 is 0. The number of rotatable bonds is 6. The molecule has 0 aliphatic carbocycles. The molecule has 170 valence electrons. The fourth-order valence-electron chi connectivity index (χ4n) is 3.89. The number of nitrogens with zero attached hydrogens (tertiary/aromatic N) is 2. The molecule has 1 N–H and O–H groups in total. The Morgan fingerprint density at radius 3 is 2.30 bits per heavy atom. The number of ether oxygens (including phenoxy) is 3. The van der Waals surface area contributed by atoms with Crippen molar-refractivity contribution >= 4 is 11.6 Å². The number of carbonyl (C=O) groups is 1. The summed E-state index contributed by atoms with van der Waals surface area (Å²) in [5.74, 6) is 1.53. The number of hydrogen-bond acceptors (Lipinski definition) is 6. The Hall–Kier alpha value is -4.00. The van der Waals surface area contributed by atoms with Gasteiger partial charge in [-0.05, 0) is 48.9 Å². The number of hydrazone groups is 1. The van der Waals surface area contributed by atoms with Crippen LogP contribution in [0.1, 0.15) is 39.5 Å². The summed E-state index contributed by atoms with van der Waals surface area (Å²) < 4.78 is 16.0. The molecule has 0 radical (unpaired) electrons. The first kappa shape index (κ1) is 22.2. The van der Waals surface area contributed by atoms with E-state index < -0.39 is 0 Å². The molecule has 0 spiro atoms. The first-order valence-electron chi connectivity index (χ1n) is 10.5. The number of aryl methyl sites for hydroxylation is 1. The number of phenols is 1. The third-order valence-corrected chi connectivity index (χ3v) is 5.73. The van der Waals surface area contributed by atoms with Gasteiger partial charge in [0.2, 0.25) is 0 Å². The summed E-state index contributed by atoms with van der Waals surface area (Å²) in [5, 5.41) is 16.7. The molecule has 0 fully saturated rings. The monoisotopic (exact) mass is 446 g/mol. The Labute approximate surface area is 192 Å². The second kappa shape index (κ2) is 9.24. The van der Waals surface area contributed by atoms with Gasteiger partial charge in [0.25, 0.3) is 5.91 Å². The summed E-state index contributed by atoms with van der Waals surface area (Å²) in [4.78, 5) is 13.5. The predicted octanol–water partition coefficient (Wildman–Crippen LogP) is 4.72. The first-order valence-corrected chi connectivity index (χ1v) is 10.5. The van der Waals surface area contributed by atoms with Crippen molar-refractivity contribution in [3.63, 3.8) is 0 Å². The molecule has 3 aromatic carbocycles. The quantitative estimate of drug-likeness (QED) is 0.593. The van der Waals surface area contributed by atoms with Crippen molar-refractivity contribution < 1.29 is 24.1 Å². The Balaban J connectivity index is 1.76. The minimum absolute atomic E-state index is 0.0452. The second-order valence-corrected chi connectivity index (χ2v) is 7.78. The maximum absolute atomic E-state index is 13.5. The molecule has 1 heterocycles. The van der Waals surface area contributed by atoms with Crippen LogP contribution < -0.4 is 14.2 Å². The largest absolute Gasteiger partial charge is 0.507 e. The molecule has 3 aromatic rings. The van der Waals surface area contributed by atoms with Crippen LogP contribution >= 0.6 is 0 Å². The Morgan fingerprint density at radius 2 is 1.67 bits per heavy atom. The fourth-order valence-corrected chi connectivity index (χ4v) is 3.89. The molecule has 1 atom stereocenters. The van der Waals surface area contributed by atoms with E-state index in [0.717, 1.165) is 11.1 Å². The number of aromatic hydroxyl groups is 1. The Kier molecular flexibility index (Phi) is 6.22. The molecular weight excluding hydrogens is 420 g/mol. The van der Waals surface area contributed by atoms with E-state index in [-0.39, 0.29) is 17.7 Å². The van der Waals surface area contributed by atoms with Crippen LogP contribution in [0.25, 0.3) is 0 Å². The normalized spacial score (nSPS) is 15.2. The summed E-state index contributed by atoms with van der Waals surface area (Å²) in [7, 11) is 4.69. The molecule has 1 amide bonds. The molecule has 0 aromatic heterocycles. The smallest absolute Gasteiger partial charge is 0.274 e. The molecule has 0 bridgehead atoms. The van der Waals surface area contributed by atoms with Crippen molar-refractivity contribution in [2.45, 2.75) is 19.4 Å². The lowest BCUT2D eigenvalue weighted by Gasteiger charge is -2.23. The number of carbonyl (C=O) groups excluding carboxylic acids is 1. The molecule has 0 unspecified atom stereocenters. The number of benzene rings is 3. The van der Waals surface area contributed by atoms with Gasteiger partial charge in [-0.3, -0.25) is 4.79 Å². The van der Waals surface area contributed by atoms with Crippen LogP contribution in [0.3, 0.4) is 0 Å². The Bertz CT molecular complexity index is 1200. The van der Waals surface area contributed by atoms with Crippen LogP contribution in [0.4, 0.5) is 0 Å². The molecule has 0 saturated heterocycles. The van der Waals surface area contributed by atoms with Gasteiger partial charge in [-0.1, -0.05) is 23.8 Å². The molecule has 7 nitrogen and oxygen atoms in total. The highest BCUT2D eigenvalue weighted by Crippen LogP contribution is 2.39. The number of phenolic OH excluding ortho intramolecular Hbond substituents is 1. The van der Waals surface area contributed by atoms with Gasteiger partial charge in [-0.25, -0.2) is 5.01 Å². The van der Waals surface area contributed by atoms with Crippen molar-refractivity contribution in [2.75, 3.05) is 21.3 Å². The van der Waals surface area contributed by atoms with Gasteiger partial charge < -0.3 is 19.3 Å². The molecule has 4 rings (SSSR count). The highest BCUT2D eigenvalue weighted by molar-refractivity contribution is 6.06. The highest BCUT2D eigenvalue weighted by atomic mass is 16.5. The predicted molar refractivity (Wildman–Crippen MR) is 125 cm³/mol. The summed E-state index contributed by atoms with van der Waals surface area (Å²) in [5.41, 5.74) is 3.61. The molecular formula is C26H26N2O5. The summed E-state index contributed by atoms with van der Waals surface area (Å²) in [6, 6.07) is 17.6. The van der Waals surface area contributed by atoms with Gasteiger partial charge in [0.15, 0.2) is 11.5 Å². The zero-order chi connectivity index (χ0) is 23.5. The van der Waals surface area contributed by atoms with Crippen molar-refractivity contribution in [3.05, 3.63) is 82.9 Å². The maximum Gasteiger partial charge on any atom is 0.274 e. The molecule has 1 aliphatic heterocycles. The maximum atomic E-state index is 13.5. The van der Waals surface area contributed by atoms with E-state index >= 15 is 0 Å². The number of amides is 1. The molecule has 7 heteroatoms. The zero-order valence-electron chi connectivity index (χ0n) is 19.0. The lowest BCUT2D eigenvalue weighted by atomic mass is 9.97. The van der Waals surface area contributed by atoms with E-state index in [4.69, 9.17) is 14.2 Å². The van der Waals surface area contributed by atoms with E-state index in [1.54, 1.807) is 38.5 Å². The van der Waals surface area contributed by atoms with Crippen molar-refractivity contribution in [3.8, 4) is 23.0 Å². The van der Waals surface area contributed by atoms with E-state index in [1.807, 2.05) is 37.3 Å². The molecule has 0 saturated carbocycles. The van der Waals surface area contributed by atoms with Crippen molar-refractivity contribution in [1.29, 1.82) is 0 Å². The summed E-state index contributed by atoms with van der Waals surface area (Å²) in [6.07, 6.45) is 0.424. The number of methoxy groups -OCH3 is 3. The van der Waals surface area contributed by atoms with E-state index in [2.05, 4.69) is 5.10 Å². The van der Waals surface area contributed by atoms with E-state index in [1.165, 1.54) is 18.2 Å². The van der Waals surface area contributed by atoms with Gasteiger partial charge in [0.1, 0.15) is 11.5 Å². The van der Waals surface area contributed by atoms with Crippen molar-refractivity contribution in [1.82, 2.24) is 5.01 Å². The first-order chi connectivity index (χ1) is 15.9. The minimum atomic E-state index is -0.380. The van der Waals surface area contributed by atoms with E-state index in [0.29, 0.717) is 40.5 Å². The minimum Gasteiger partial charge on any atom is -0.507 e. The highest BCUT2D eigenvalue weighted by Gasteiger charge is 2.35. The van der Waals surface area contributed by atoms with Crippen LogP contribution in [0, 0.1) is 6.92 Å². The standard InChI is InChI=1S/C26H26N2O5/c1-16-5-7-17(8-6-16)26(30)28-22(18-9-12-24(32-3)25(13-18)33-4)15-21(27-28)20-11-10-19(31-2)14-23(20)29/h5-14,22,29H,15H2,1-4H3/t22-/m0/s1. The van der Waals surface area contributed by atoms with E-state index in [9.17, 15) is 9.90 Å². The lowest BCUT2D eigenvalue weighted by molar-refractivity contribution is 0.0711. The van der Waals surface area contributed by atoms with Crippen LogP contribution in [-0.2, 0) is 0 Å². The topological polar surface area (TPSA) is 80.6 Å². The van der Waals surface area contributed by atoms with Gasteiger partial charge in [0.05, 0.1) is 33.1 Å². The third kappa shape index (κ3) is 4.35. The van der Waals surface area contributed by atoms with Crippen LogP contribution in [0.5, 0.6) is 23.0 Å². The SMILES string of the molecule is COc1ccc(C2=NN(C(=O)c3ccc(C)cc3)[C@H](c3ccc(OC)c(OC)c3)C2)c(O)c1. The van der Waals surface area contributed by atoms with Gasteiger partial charge in [-0.15, -0.1) is 0 Å².